The zero-order valence-corrected chi connectivity index (χ0v) is 16.7. The molecule has 0 bridgehead atoms. The van der Waals surface area contributed by atoms with E-state index in [0.717, 1.165) is 24.3 Å². The van der Waals surface area contributed by atoms with Gasteiger partial charge in [-0.2, -0.15) is 0 Å². The molecule has 26 heavy (non-hydrogen) atoms. The van der Waals surface area contributed by atoms with Gasteiger partial charge in [0.15, 0.2) is 5.78 Å². The number of ether oxygens (including phenoxy) is 1. The van der Waals surface area contributed by atoms with Crippen molar-refractivity contribution in [2.24, 2.45) is 5.41 Å². The molecule has 0 unspecified atom stereocenters. The van der Waals surface area contributed by atoms with Crippen LogP contribution in [0.15, 0.2) is 29.1 Å². The van der Waals surface area contributed by atoms with Crippen LogP contribution in [0.25, 0.3) is 12.2 Å². The van der Waals surface area contributed by atoms with Gasteiger partial charge in [-0.1, -0.05) is 52.7 Å². The summed E-state index contributed by atoms with van der Waals surface area (Å²) in [7, 11) is 0. The molecule has 1 aromatic carbocycles. The van der Waals surface area contributed by atoms with E-state index in [4.69, 9.17) is 4.74 Å². The van der Waals surface area contributed by atoms with E-state index in [9.17, 15) is 9.59 Å². The number of rotatable bonds is 7. The zero-order chi connectivity index (χ0) is 19.2. The molecule has 0 spiro atoms. The molecule has 0 aliphatic rings. The second-order valence-electron chi connectivity index (χ2n) is 7.31. The van der Waals surface area contributed by atoms with Gasteiger partial charge in [-0.05, 0) is 30.2 Å². The smallest absolute Gasteiger partial charge is 0.266 e. The van der Waals surface area contributed by atoms with Crippen molar-refractivity contribution in [3.8, 4) is 5.75 Å². The summed E-state index contributed by atoms with van der Waals surface area (Å²) in [6.45, 7) is 8.46. The average Bonchev–Trinajstić information content (AvgIpc) is 2.91. The standard InChI is InChI=1S/C21H27NO3S/c1-5-6-7-12-25-16-10-8-15(9-11-16)13-17-20(24)22-19(26-17)14-18(23)21(2,3)4/h8-11,13-14H,5-7,12H2,1-4H3,(H,22,24)/b17-13-,19-14-. The fourth-order valence-electron chi connectivity index (χ4n) is 2.21. The Morgan fingerprint density at radius 2 is 1.88 bits per heavy atom. The maximum atomic E-state index is 12.1. The number of nitrogens with one attached hydrogen (secondary N) is 1. The Bertz CT molecular complexity index is 898. The summed E-state index contributed by atoms with van der Waals surface area (Å²) in [5, 5.41) is 0. The molecule has 0 amide bonds. The first-order valence-corrected chi connectivity index (χ1v) is 9.81. The van der Waals surface area contributed by atoms with Gasteiger partial charge in [0, 0.05) is 11.5 Å². The molecular weight excluding hydrogens is 346 g/mol. The maximum absolute atomic E-state index is 12.1. The number of H-pyrrole nitrogens is 1. The number of hydrogen-bond acceptors (Lipinski definition) is 4. The van der Waals surface area contributed by atoms with Crippen LogP contribution in [-0.2, 0) is 4.79 Å². The van der Waals surface area contributed by atoms with Gasteiger partial charge >= 0.3 is 0 Å². The minimum atomic E-state index is -0.461. The summed E-state index contributed by atoms with van der Waals surface area (Å²) in [6.07, 6.45) is 6.74. The van der Waals surface area contributed by atoms with Crippen LogP contribution < -0.4 is 19.5 Å². The van der Waals surface area contributed by atoms with Crippen molar-refractivity contribution in [2.75, 3.05) is 6.61 Å². The van der Waals surface area contributed by atoms with E-state index in [2.05, 4.69) is 11.9 Å². The number of carbonyl (C=O) groups is 1. The molecule has 2 aromatic rings. The van der Waals surface area contributed by atoms with Crippen molar-refractivity contribution in [1.82, 2.24) is 4.98 Å². The summed E-state index contributed by atoms with van der Waals surface area (Å²) in [5.41, 5.74) is 0.285. The molecule has 140 valence electrons. The molecule has 0 saturated carbocycles. The van der Waals surface area contributed by atoms with E-state index in [1.807, 2.05) is 51.1 Å². The van der Waals surface area contributed by atoms with Gasteiger partial charge in [0.05, 0.1) is 15.8 Å². The Morgan fingerprint density at radius 3 is 2.50 bits per heavy atom. The number of unbranched alkanes of at least 4 members (excludes halogenated alkanes) is 2. The molecule has 0 atom stereocenters. The fourth-order valence-corrected chi connectivity index (χ4v) is 3.10. The topological polar surface area (TPSA) is 59.2 Å². The van der Waals surface area contributed by atoms with Crippen molar-refractivity contribution in [1.29, 1.82) is 0 Å². The summed E-state index contributed by atoms with van der Waals surface area (Å²) in [6, 6.07) is 7.68. The number of Topliss-reactive ketones (excluding diaryl/α,β-unsaturated/α-hetero) is 1. The van der Waals surface area contributed by atoms with Gasteiger partial charge in [0.2, 0.25) is 0 Å². The van der Waals surface area contributed by atoms with Crippen LogP contribution in [0.4, 0.5) is 0 Å². The number of hydrogen-bond donors (Lipinski definition) is 1. The monoisotopic (exact) mass is 373 g/mol. The fraction of sp³-hybridized carbons (Fsp3) is 0.429. The van der Waals surface area contributed by atoms with Crippen LogP contribution in [0.1, 0.15) is 52.5 Å². The lowest BCUT2D eigenvalue weighted by molar-refractivity contribution is -0.119. The van der Waals surface area contributed by atoms with Crippen molar-refractivity contribution < 1.29 is 9.53 Å². The molecule has 0 aliphatic heterocycles. The maximum Gasteiger partial charge on any atom is 0.266 e. The number of aromatic amines is 1. The minimum absolute atomic E-state index is 0.00822. The Hall–Kier alpha value is -2.14. The molecule has 1 heterocycles. The predicted molar refractivity (Wildman–Crippen MR) is 108 cm³/mol. The zero-order valence-electron chi connectivity index (χ0n) is 15.9. The van der Waals surface area contributed by atoms with Gasteiger partial charge in [-0.15, -0.1) is 11.3 Å². The first-order valence-electron chi connectivity index (χ1n) is 8.99. The largest absolute Gasteiger partial charge is 0.494 e. The Kier molecular flexibility index (Phi) is 6.98. The van der Waals surface area contributed by atoms with Crippen molar-refractivity contribution >= 4 is 29.3 Å². The van der Waals surface area contributed by atoms with Crippen LogP contribution >= 0.6 is 11.3 Å². The van der Waals surface area contributed by atoms with Crippen LogP contribution in [-0.4, -0.2) is 17.4 Å². The molecule has 1 aromatic heterocycles. The summed E-state index contributed by atoms with van der Waals surface area (Å²) < 4.78 is 6.85. The third kappa shape index (κ3) is 5.99. The molecule has 1 N–H and O–H groups in total. The molecule has 0 radical (unpaired) electrons. The second-order valence-corrected chi connectivity index (χ2v) is 8.40. The van der Waals surface area contributed by atoms with Gasteiger partial charge in [-0.25, -0.2) is 0 Å². The molecule has 5 heteroatoms. The molecule has 4 nitrogen and oxygen atoms in total. The van der Waals surface area contributed by atoms with E-state index < -0.39 is 5.41 Å². The SMILES string of the molecule is CCCCCOc1ccc(/C=c2\s/c(=C\C(=O)C(C)(C)C)[nH]c2=O)cc1. The van der Waals surface area contributed by atoms with Gasteiger partial charge < -0.3 is 9.72 Å². The normalized spacial score (nSPS) is 13.2. The van der Waals surface area contributed by atoms with Crippen LogP contribution in [0.2, 0.25) is 0 Å². The quantitative estimate of drug-likeness (QED) is 0.758. The average molecular weight is 374 g/mol. The second kappa shape index (κ2) is 8.99. The van der Waals surface area contributed by atoms with Gasteiger partial charge in [0.25, 0.3) is 5.56 Å². The summed E-state index contributed by atoms with van der Waals surface area (Å²) >= 11 is 1.29. The highest BCUT2D eigenvalue weighted by atomic mass is 32.1. The lowest BCUT2D eigenvalue weighted by Gasteiger charge is -2.12. The summed E-state index contributed by atoms with van der Waals surface area (Å²) in [4.78, 5) is 26.9. The Labute approximate surface area is 158 Å². The molecule has 0 fully saturated rings. The van der Waals surface area contributed by atoms with Gasteiger partial charge in [0.1, 0.15) is 5.75 Å². The minimum Gasteiger partial charge on any atom is -0.494 e. The molecular formula is C21H27NO3S. The first kappa shape index (κ1) is 20.2. The Balaban J connectivity index is 2.16. The highest BCUT2D eigenvalue weighted by Gasteiger charge is 2.18. The number of aromatic nitrogens is 1. The Morgan fingerprint density at radius 1 is 1.19 bits per heavy atom. The van der Waals surface area contributed by atoms with Crippen LogP contribution in [0.5, 0.6) is 5.75 Å². The van der Waals surface area contributed by atoms with Gasteiger partial charge in [-0.3, -0.25) is 9.59 Å². The van der Waals surface area contributed by atoms with Crippen molar-refractivity contribution in [3.63, 3.8) is 0 Å². The molecule has 0 aliphatic carbocycles. The van der Waals surface area contributed by atoms with Crippen LogP contribution in [0.3, 0.4) is 0 Å². The van der Waals surface area contributed by atoms with Crippen LogP contribution in [0, 0.1) is 5.41 Å². The molecule has 0 saturated heterocycles. The van der Waals surface area contributed by atoms with E-state index in [-0.39, 0.29) is 11.3 Å². The number of ketones is 1. The number of benzene rings is 1. The predicted octanol–water partition coefficient (Wildman–Crippen LogP) is 3.23. The third-order valence-corrected chi connectivity index (χ3v) is 4.84. The number of carbonyl (C=O) groups excluding carboxylic acids is 1. The third-order valence-electron chi connectivity index (χ3n) is 3.88. The van der Waals surface area contributed by atoms with Crippen molar-refractivity contribution in [3.05, 3.63) is 49.4 Å². The van der Waals surface area contributed by atoms with E-state index in [1.165, 1.54) is 30.3 Å². The first-order chi connectivity index (χ1) is 12.3. The highest BCUT2D eigenvalue weighted by Crippen LogP contribution is 2.15. The van der Waals surface area contributed by atoms with E-state index in [1.54, 1.807) is 0 Å². The van der Waals surface area contributed by atoms with E-state index >= 15 is 0 Å². The highest BCUT2D eigenvalue weighted by molar-refractivity contribution is 7.07. The molecule has 2 rings (SSSR count). The number of thiazole rings is 1. The summed E-state index contributed by atoms with van der Waals surface area (Å²) in [5.74, 6) is 0.828. The lowest BCUT2D eigenvalue weighted by Crippen LogP contribution is -2.22. The lowest BCUT2D eigenvalue weighted by atomic mass is 9.91. The van der Waals surface area contributed by atoms with E-state index in [0.29, 0.717) is 9.20 Å². The van der Waals surface area contributed by atoms with Crippen molar-refractivity contribution in [2.45, 2.75) is 47.0 Å².